The third kappa shape index (κ3) is 5.71. The van der Waals surface area contributed by atoms with E-state index in [-0.39, 0.29) is 6.42 Å². The van der Waals surface area contributed by atoms with E-state index in [0.29, 0.717) is 6.42 Å². The topological polar surface area (TPSA) is 74.6 Å². The van der Waals surface area contributed by atoms with Gasteiger partial charge in [-0.2, -0.15) is 0 Å². The van der Waals surface area contributed by atoms with Crippen molar-refractivity contribution in [3.05, 3.63) is 0 Å². The van der Waals surface area contributed by atoms with Gasteiger partial charge in [-0.25, -0.2) is 0 Å². The maximum Gasteiger partial charge on any atom is 0.203 e. The van der Waals surface area contributed by atoms with Crippen LogP contribution in [-0.2, 0) is 9.59 Å². The van der Waals surface area contributed by atoms with Gasteiger partial charge in [0.15, 0.2) is 5.78 Å². The summed E-state index contributed by atoms with van der Waals surface area (Å²) in [5.74, 6) is -1.74. The van der Waals surface area contributed by atoms with E-state index in [1.807, 2.05) is 0 Å². The molecule has 0 bridgehead atoms. The molecule has 0 radical (unpaired) electrons. The van der Waals surface area contributed by atoms with E-state index in [9.17, 15) is 19.8 Å². The van der Waals surface area contributed by atoms with Crippen LogP contribution in [0.2, 0.25) is 0 Å². The monoisotopic (exact) mass is 284 g/mol. The average molecular weight is 284 g/mol. The Morgan fingerprint density at radius 2 is 1.35 bits per heavy atom. The third-order valence-electron chi connectivity index (χ3n) is 4.25. The lowest BCUT2D eigenvalue weighted by Crippen LogP contribution is -2.39. The van der Waals surface area contributed by atoms with E-state index in [1.54, 1.807) is 0 Å². The summed E-state index contributed by atoms with van der Waals surface area (Å²) < 4.78 is 0. The Bertz CT molecular complexity index is 314. The summed E-state index contributed by atoms with van der Waals surface area (Å²) in [6, 6.07) is 0. The standard InChI is InChI=1S/C16H28O4/c1-12-15(19)13(17)10-8-6-4-2-3-5-7-9-11-14(18)16(12)20/h12-13,15,17,19H,2-11H2,1H3/t12-,13-,15-/m1/s1. The first-order valence-corrected chi connectivity index (χ1v) is 7.97. The highest BCUT2D eigenvalue weighted by Crippen LogP contribution is 2.18. The normalized spacial score (nSPS) is 32.5. The lowest BCUT2D eigenvalue weighted by atomic mass is 9.90. The van der Waals surface area contributed by atoms with E-state index in [4.69, 9.17) is 0 Å². The van der Waals surface area contributed by atoms with Crippen LogP contribution in [0.25, 0.3) is 0 Å². The quantitative estimate of drug-likeness (QED) is 0.670. The number of Topliss-reactive ketones (excluding diaryl/α,β-unsaturated/α-hetero) is 2. The molecule has 4 nitrogen and oxygen atoms in total. The molecule has 0 heterocycles. The zero-order valence-corrected chi connectivity index (χ0v) is 12.5. The van der Waals surface area contributed by atoms with E-state index >= 15 is 0 Å². The number of hydrogen-bond acceptors (Lipinski definition) is 4. The first-order chi connectivity index (χ1) is 9.54. The highest BCUT2D eigenvalue weighted by Gasteiger charge is 2.31. The van der Waals surface area contributed by atoms with Gasteiger partial charge in [0.2, 0.25) is 5.78 Å². The Kier molecular flexibility index (Phi) is 8.00. The van der Waals surface area contributed by atoms with Crippen molar-refractivity contribution in [2.75, 3.05) is 0 Å². The molecule has 3 atom stereocenters. The number of carbonyl (C=O) groups excluding carboxylic acids is 2. The van der Waals surface area contributed by atoms with Gasteiger partial charge < -0.3 is 10.2 Å². The molecule has 0 aliphatic heterocycles. The molecule has 0 amide bonds. The van der Waals surface area contributed by atoms with Gasteiger partial charge in [0, 0.05) is 6.42 Å². The van der Waals surface area contributed by atoms with Crippen LogP contribution < -0.4 is 0 Å². The molecule has 1 aliphatic rings. The van der Waals surface area contributed by atoms with Crippen molar-refractivity contribution in [1.82, 2.24) is 0 Å². The average Bonchev–Trinajstić information content (AvgIpc) is 2.45. The molecule has 116 valence electrons. The highest BCUT2D eigenvalue weighted by atomic mass is 16.3. The van der Waals surface area contributed by atoms with Crippen LogP contribution in [0.1, 0.15) is 71.1 Å². The fourth-order valence-corrected chi connectivity index (χ4v) is 2.74. The molecule has 4 heteroatoms. The second-order valence-corrected chi connectivity index (χ2v) is 6.00. The number of rotatable bonds is 0. The molecular formula is C16H28O4. The van der Waals surface area contributed by atoms with Crippen LogP contribution in [0.15, 0.2) is 0 Å². The second-order valence-electron chi connectivity index (χ2n) is 6.00. The molecule has 1 fully saturated rings. The van der Waals surface area contributed by atoms with Crippen molar-refractivity contribution < 1.29 is 19.8 Å². The summed E-state index contributed by atoms with van der Waals surface area (Å²) in [5.41, 5.74) is 0. The van der Waals surface area contributed by atoms with Gasteiger partial charge in [0.1, 0.15) is 0 Å². The summed E-state index contributed by atoms with van der Waals surface area (Å²) in [6.07, 6.45) is 6.97. The van der Waals surface area contributed by atoms with Gasteiger partial charge in [-0.05, 0) is 12.8 Å². The number of ketones is 2. The van der Waals surface area contributed by atoms with Gasteiger partial charge in [-0.3, -0.25) is 9.59 Å². The van der Waals surface area contributed by atoms with Crippen molar-refractivity contribution in [3.8, 4) is 0 Å². The Morgan fingerprint density at radius 3 is 1.95 bits per heavy atom. The van der Waals surface area contributed by atoms with Crippen molar-refractivity contribution in [2.45, 2.75) is 83.3 Å². The Labute approximate surface area is 121 Å². The summed E-state index contributed by atoms with van der Waals surface area (Å²) in [6.45, 7) is 1.53. The van der Waals surface area contributed by atoms with Crippen LogP contribution in [0.3, 0.4) is 0 Å². The zero-order chi connectivity index (χ0) is 15.0. The van der Waals surface area contributed by atoms with Gasteiger partial charge in [-0.15, -0.1) is 0 Å². The first-order valence-electron chi connectivity index (χ1n) is 7.97. The van der Waals surface area contributed by atoms with E-state index in [0.717, 1.165) is 38.5 Å². The lowest BCUT2D eigenvalue weighted by Gasteiger charge is -2.22. The minimum absolute atomic E-state index is 0.270. The minimum atomic E-state index is -1.13. The van der Waals surface area contributed by atoms with Gasteiger partial charge >= 0.3 is 0 Å². The molecule has 0 aromatic rings. The van der Waals surface area contributed by atoms with Gasteiger partial charge in [0.25, 0.3) is 0 Å². The predicted molar refractivity (Wildman–Crippen MR) is 77.4 cm³/mol. The molecule has 0 spiro atoms. The molecule has 1 aliphatic carbocycles. The molecule has 1 saturated carbocycles. The summed E-state index contributed by atoms with van der Waals surface area (Å²) >= 11 is 0. The van der Waals surface area contributed by atoms with Crippen LogP contribution >= 0.6 is 0 Å². The molecule has 0 saturated heterocycles. The van der Waals surface area contributed by atoms with Crippen molar-refractivity contribution in [1.29, 1.82) is 0 Å². The molecule has 1 rings (SSSR count). The maximum atomic E-state index is 11.9. The van der Waals surface area contributed by atoms with Crippen molar-refractivity contribution in [2.24, 2.45) is 5.92 Å². The number of aliphatic hydroxyl groups excluding tert-OH is 2. The van der Waals surface area contributed by atoms with Crippen LogP contribution in [0.4, 0.5) is 0 Å². The summed E-state index contributed by atoms with van der Waals surface area (Å²) in [5, 5.41) is 19.9. The van der Waals surface area contributed by atoms with Crippen LogP contribution in [-0.4, -0.2) is 34.0 Å². The molecule has 20 heavy (non-hydrogen) atoms. The van der Waals surface area contributed by atoms with E-state index < -0.39 is 29.7 Å². The largest absolute Gasteiger partial charge is 0.390 e. The predicted octanol–water partition coefficient (Wildman–Crippen LogP) is 2.40. The second kappa shape index (κ2) is 9.24. The van der Waals surface area contributed by atoms with E-state index in [2.05, 4.69) is 0 Å². The Hall–Kier alpha value is -0.740. The zero-order valence-electron chi connectivity index (χ0n) is 12.5. The smallest absolute Gasteiger partial charge is 0.203 e. The lowest BCUT2D eigenvalue weighted by molar-refractivity contribution is -0.142. The summed E-state index contributed by atoms with van der Waals surface area (Å²) in [4.78, 5) is 23.7. The van der Waals surface area contributed by atoms with Gasteiger partial charge in [-0.1, -0.05) is 51.9 Å². The minimum Gasteiger partial charge on any atom is -0.390 e. The molecular weight excluding hydrogens is 256 g/mol. The summed E-state index contributed by atoms with van der Waals surface area (Å²) in [7, 11) is 0. The van der Waals surface area contributed by atoms with Crippen molar-refractivity contribution >= 4 is 11.6 Å². The van der Waals surface area contributed by atoms with Gasteiger partial charge in [0.05, 0.1) is 18.1 Å². The fraction of sp³-hybridized carbons (Fsp3) is 0.875. The van der Waals surface area contributed by atoms with E-state index in [1.165, 1.54) is 19.8 Å². The third-order valence-corrected chi connectivity index (χ3v) is 4.25. The number of carbonyl (C=O) groups is 2. The Balaban J connectivity index is 2.60. The molecule has 0 aromatic heterocycles. The highest BCUT2D eigenvalue weighted by molar-refractivity contribution is 6.38. The van der Waals surface area contributed by atoms with Crippen molar-refractivity contribution in [3.63, 3.8) is 0 Å². The fourth-order valence-electron chi connectivity index (χ4n) is 2.74. The SMILES string of the molecule is C[C@H]1C(=O)C(=O)CCCCCCCCCC[C@@H](O)[C@@H]1O. The van der Waals surface area contributed by atoms with Crippen LogP contribution in [0.5, 0.6) is 0 Å². The molecule has 0 aromatic carbocycles. The Morgan fingerprint density at radius 1 is 0.850 bits per heavy atom. The molecule has 0 unspecified atom stereocenters. The van der Waals surface area contributed by atoms with Crippen LogP contribution in [0, 0.1) is 5.92 Å². The maximum absolute atomic E-state index is 11.9. The molecule has 2 N–H and O–H groups in total. The number of aliphatic hydroxyl groups is 2. The number of hydrogen-bond donors (Lipinski definition) is 2. The first kappa shape index (κ1) is 17.3.